The van der Waals surface area contributed by atoms with Crippen molar-refractivity contribution in [2.24, 2.45) is 0 Å². The highest BCUT2D eigenvalue weighted by Gasteiger charge is 2.03. The van der Waals surface area contributed by atoms with Crippen molar-refractivity contribution in [1.29, 1.82) is 0 Å². The van der Waals surface area contributed by atoms with Crippen molar-refractivity contribution in [3.8, 4) is 5.75 Å². The number of hydrogen-bond donors (Lipinski definition) is 2. The van der Waals surface area contributed by atoms with E-state index in [0.29, 0.717) is 13.0 Å². The van der Waals surface area contributed by atoms with Crippen LogP contribution in [0.3, 0.4) is 0 Å². The maximum atomic E-state index is 9.36. The van der Waals surface area contributed by atoms with Gasteiger partial charge in [0, 0.05) is 0 Å². The maximum absolute atomic E-state index is 9.36. The van der Waals surface area contributed by atoms with E-state index in [0.717, 1.165) is 23.3 Å². The molecule has 106 valence electrons. The molecule has 0 aliphatic rings. The third-order valence-electron chi connectivity index (χ3n) is 3.12. The molecule has 2 rings (SSSR count). The summed E-state index contributed by atoms with van der Waals surface area (Å²) in [5, 5.41) is 18.2. The van der Waals surface area contributed by atoms with Crippen molar-refractivity contribution in [2.45, 2.75) is 25.6 Å². The molecule has 3 heteroatoms. The van der Waals surface area contributed by atoms with Gasteiger partial charge in [-0.25, -0.2) is 0 Å². The van der Waals surface area contributed by atoms with Crippen molar-refractivity contribution < 1.29 is 14.9 Å². The number of aliphatic hydroxyl groups excluding tert-OH is 2. The summed E-state index contributed by atoms with van der Waals surface area (Å²) in [5.41, 5.74) is 2.23. The lowest BCUT2D eigenvalue weighted by atomic mass is 10.1. The number of aliphatic hydroxyl groups is 2. The first-order valence-corrected chi connectivity index (χ1v) is 6.82. The molecule has 0 aliphatic carbocycles. The summed E-state index contributed by atoms with van der Waals surface area (Å²) >= 11 is 0. The zero-order valence-electron chi connectivity index (χ0n) is 11.4. The predicted octanol–water partition coefficient (Wildman–Crippen LogP) is 2.55. The van der Waals surface area contributed by atoms with Crippen LogP contribution in [0.25, 0.3) is 0 Å². The fourth-order valence-corrected chi connectivity index (χ4v) is 1.96. The summed E-state index contributed by atoms with van der Waals surface area (Å²) in [6.45, 7) is 0.355. The second kappa shape index (κ2) is 7.68. The largest absolute Gasteiger partial charge is 0.489 e. The number of hydrogen-bond acceptors (Lipinski definition) is 3. The molecule has 0 bridgehead atoms. The minimum Gasteiger partial charge on any atom is -0.489 e. The predicted molar refractivity (Wildman–Crippen MR) is 78.6 cm³/mol. The second-order valence-electron chi connectivity index (χ2n) is 4.80. The van der Waals surface area contributed by atoms with Gasteiger partial charge in [-0.2, -0.15) is 0 Å². The second-order valence-corrected chi connectivity index (χ2v) is 4.80. The molecule has 1 atom stereocenters. The van der Waals surface area contributed by atoms with Crippen LogP contribution in [0.1, 0.15) is 17.5 Å². The number of aryl methyl sites for hydroxylation is 1. The summed E-state index contributed by atoms with van der Waals surface area (Å²) in [6, 6.07) is 17.9. The summed E-state index contributed by atoms with van der Waals surface area (Å²) in [4.78, 5) is 0. The Morgan fingerprint density at radius 2 is 1.70 bits per heavy atom. The summed E-state index contributed by atoms with van der Waals surface area (Å²) in [5.74, 6) is 0.824. The van der Waals surface area contributed by atoms with Crippen LogP contribution in [0.2, 0.25) is 0 Å². The van der Waals surface area contributed by atoms with Crippen LogP contribution < -0.4 is 4.74 Å². The van der Waals surface area contributed by atoms with Crippen LogP contribution in [0.15, 0.2) is 54.6 Å². The quantitative estimate of drug-likeness (QED) is 0.814. The molecule has 0 spiro atoms. The van der Waals surface area contributed by atoms with Crippen LogP contribution in [0.4, 0.5) is 0 Å². The van der Waals surface area contributed by atoms with Gasteiger partial charge in [-0.15, -0.1) is 0 Å². The first kappa shape index (κ1) is 14.6. The molecule has 3 nitrogen and oxygen atoms in total. The lowest BCUT2D eigenvalue weighted by Gasteiger charge is -2.10. The molecular formula is C17H20O3. The Morgan fingerprint density at radius 1 is 0.950 bits per heavy atom. The minimum absolute atomic E-state index is 0.190. The SMILES string of the molecule is OCC(O)CCc1cccc(OCc2ccccc2)c1. The molecule has 0 fully saturated rings. The van der Waals surface area contributed by atoms with E-state index in [1.165, 1.54) is 0 Å². The Labute approximate surface area is 119 Å². The number of benzene rings is 2. The fourth-order valence-electron chi connectivity index (χ4n) is 1.96. The Bertz CT molecular complexity index is 511. The smallest absolute Gasteiger partial charge is 0.120 e. The van der Waals surface area contributed by atoms with E-state index in [4.69, 9.17) is 9.84 Å². The minimum atomic E-state index is -0.649. The Kier molecular flexibility index (Phi) is 5.59. The topological polar surface area (TPSA) is 49.7 Å². The van der Waals surface area contributed by atoms with Crippen LogP contribution in [0.5, 0.6) is 5.75 Å². The van der Waals surface area contributed by atoms with Gasteiger partial charge in [0.15, 0.2) is 0 Å². The van der Waals surface area contributed by atoms with Gasteiger partial charge >= 0.3 is 0 Å². The lowest BCUT2D eigenvalue weighted by molar-refractivity contribution is 0.0885. The van der Waals surface area contributed by atoms with Gasteiger partial charge in [0.25, 0.3) is 0 Å². The number of ether oxygens (including phenoxy) is 1. The zero-order valence-corrected chi connectivity index (χ0v) is 11.4. The van der Waals surface area contributed by atoms with Crippen molar-refractivity contribution in [3.05, 3.63) is 65.7 Å². The van der Waals surface area contributed by atoms with E-state index < -0.39 is 6.10 Å². The first-order valence-electron chi connectivity index (χ1n) is 6.82. The average molecular weight is 272 g/mol. The standard InChI is InChI=1S/C17H20O3/c18-12-16(19)10-9-14-7-4-8-17(11-14)20-13-15-5-2-1-3-6-15/h1-8,11,16,18-19H,9-10,12-13H2. The van der Waals surface area contributed by atoms with Crippen LogP contribution in [-0.4, -0.2) is 22.9 Å². The van der Waals surface area contributed by atoms with Gasteiger partial charge in [0.1, 0.15) is 12.4 Å². The Hall–Kier alpha value is -1.84. The molecule has 2 aromatic rings. The number of rotatable bonds is 7. The lowest BCUT2D eigenvalue weighted by Crippen LogP contribution is -2.12. The van der Waals surface area contributed by atoms with E-state index in [9.17, 15) is 5.11 Å². The highest BCUT2D eigenvalue weighted by molar-refractivity contribution is 5.29. The van der Waals surface area contributed by atoms with E-state index in [2.05, 4.69) is 0 Å². The van der Waals surface area contributed by atoms with Crippen molar-refractivity contribution in [2.75, 3.05) is 6.61 Å². The molecule has 0 radical (unpaired) electrons. The van der Waals surface area contributed by atoms with Crippen LogP contribution in [-0.2, 0) is 13.0 Å². The molecule has 0 aromatic heterocycles. The average Bonchev–Trinajstić information content (AvgIpc) is 2.52. The highest BCUT2D eigenvalue weighted by atomic mass is 16.5. The van der Waals surface area contributed by atoms with Crippen LogP contribution >= 0.6 is 0 Å². The Morgan fingerprint density at radius 3 is 2.45 bits per heavy atom. The van der Waals surface area contributed by atoms with Crippen molar-refractivity contribution >= 4 is 0 Å². The Balaban J connectivity index is 1.89. The van der Waals surface area contributed by atoms with Gasteiger partial charge in [-0.05, 0) is 36.1 Å². The molecule has 2 aromatic carbocycles. The zero-order chi connectivity index (χ0) is 14.2. The highest BCUT2D eigenvalue weighted by Crippen LogP contribution is 2.16. The van der Waals surface area contributed by atoms with E-state index in [-0.39, 0.29) is 6.61 Å². The molecular weight excluding hydrogens is 252 g/mol. The molecule has 2 N–H and O–H groups in total. The first-order chi connectivity index (χ1) is 9.78. The summed E-state index contributed by atoms with van der Waals surface area (Å²) in [6.07, 6.45) is 0.631. The fraction of sp³-hybridized carbons (Fsp3) is 0.294. The van der Waals surface area contributed by atoms with E-state index in [1.54, 1.807) is 0 Å². The van der Waals surface area contributed by atoms with Crippen LogP contribution in [0, 0.1) is 0 Å². The molecule has 0 saturated heterocycles. The van der Waals surface area contributed by atoms with Crippen molar-refractivity contribution in [1.82, 2.24) is 0 Å². The van der Waals surface area contributed by atoms with Gasteiger partial charge in [0.05, 0.1) is 12.7 Å². The molecule has 0 saturated carbocycles. The third-order valence-corrected chi connectivity index (χ3v) is 3.12. The molecule has 0 heterocycles. The van der Waals surface area contributed by atoms with E-state index in [1.807, 2.05) is 54.6 Å². The summed E-state index contributed by atoms with van der Waals surface area (Å²) in [7, 11) is 0. The monoisotopic (exact) mass is 272 g/mol. The van der Waals surface area contributed by atoms with Gasteiger partial charge < -0.3 is 14.9 Å². The molecule has 0 amide bonds. The van der Waals surface area contributed by atoms with Gasteiger partial charge in [0.2, 0.25) is 0 Å². The van der Waals surface area contributed by atoms with Gasteiger partial charge in [-0.3, -0.25) is 0 Å². The molecule has 20 heavy (non-hydrogen) atoms. The molecule has 0 aliphatic heterocycles. The van der Waals surface area contributed by atoms with Gasteiger partial charge in [-0.1, -0.05) is 42.5 Å². The third kappa shape index (κ3) is 4.68. The van der Waals surface area contributed by atoms with Crippen molar-refractivity contribution in [3.63, 3.8) is 0 Å². The van der Waals surface area contributed by atoms with E-state index >= 15 is 0 Å². The summed E-state index contributed by atoms with van der Waals surface area (Å²) < 4.78 is 5.75. The molecule has 1 unspecified atom stereocenters. The normalized spacial score (nSPS) is 12.1. The maximum Gasteiger partial charge on any atom is 0.120 e.